The molecule has 0 aliphatic carbocycles. The highest BCUT2D eigenvalue weighted by molar-refractivity contribution is 6.38. The predicted molar refractivity (Wildman–Crippen MR) is 89.0 cm³/mol. The van der Waals surface area contributed by atoms with Gasteiger partial charge >= 0.3 is 0 Å². The molecule has 1 aromatic heterocycles. The van der Waals surface area contributed by atoms with E-state index in [9.17, 15) is 0 Å². The number of halogens is 2. The number of fused-ring (bicyclic) bond motifs is 1. The summed E-state index contributed by atoms with van der Waals surface area (Å²) in [6, 6.07) is 4.16. The van der Waals surface area contributed by atoms with Gasteiger partial charge in [-0.3, -0.25) is 0 Å². The molecule has 0 fully saturated rings. The van der Waals surface area contributed by atoms with E-state index in [0.29, 0.717) is 16.1 Å². The highest BCUT2D eigenvalue weighted by Gasteiger charge is 2.19. The van der Waals surface area contributed by atoms with Gasteiger partial charge in [0.15, 0.2) is 0 Å². The van der Waals surface area contributed by atoms with E-state index in [2.05, 4.69) is 31.1 Å². The zero-order valence-electron chi connectivity index (χ0n) is 12.3. The van der Waals surface area contributed by atoms with Crippen molar-refractivity contribution in [3.8, 4) is 0 Å². The largest absolute Gasteiger partial charge is 0.357 e. The molecular weight excluding hydrogens is 291 g/mol. The molecule has 0 spiro atoms. The van der Waals surface area contributed by atoms with Crippen LogP contribution >= 0.6 is 23.2 Å². The molecule has 1 heterocycles. The summed E-state index contributed by atoms with van der Waals surface area (Å²) in [5.74, 6) is 0. The molecule has 1 atom stereocenters. The number of nitrogens with one attached hydrogen (secondary N) is 2. The fraction of sp³-hybridized carbons (Fsp3) is 0.500. The lowest BCUT2D eigenvalue weighted by atomic mass is 9.99. The molecule has 110 valence electrons. The zero-order valence-corrected chi connectivity index (χ0v) is 13.8. The summed E-state index contributed by atoms with van der Waals surface area (Å²) in [5.41, 5.74) is 3.57. The molecule has 2 nitrogen and oxygen atoms in total. The third kappa shape index (κ3) is 2.98. The van der Waals surface area contributed by atoms with Gasteiger partial charge in [0.1, 0.15) is 0 Å². The van der Waals surface area contributed by atoms with E-state index in [1.54, 1.807) is 6.07 Å². The van der Waals surface area contributed by atoms with E-state index in [-0.39, 0.29) is 0 Å². The van der Waals surface area contributed by atoms with Gasteiger partial charge < -0.3 is 10.3 Å². The second-order valence-electron chi connectivity index (χ2n) is 5.10. The first-order chi connectivity index (χ1) is 9.62. The van der Waals surface area contributed by atoms with Crippen LogP contribution in [0.5, 0.6) is 0 Å². The summed E-state index contributed by atoms with van der Waals surface area (Å²) in [4.78, 5) is 3.47. The van der Waals surface area contributed by atoms with E-state index in [0.717, 1.165) is 36.7 Å². The van der Waals surface area contributed by atoms with Crippen LogP contribution in [-0.4, -0.2) is 11.5 Å². The van der Waals surface area contributed by atoms with Gasteiger partial charge in [-0.15, -0.1) is 0 Å². The highest BCUT2D eigenvalue weighted by Crippen LogP contribution is 2.36. The number of benzene rings is 1. The minimum absolute atomic E-state index is 0.341. The van der Waals surface area contributed by atoms with Crippen LogP contribution in [0.1, 0.15) is 50.9 Å². The topological polar surface area (TPSA) is 27.8 Å². The van der Waals surface area contributed by atoms with Crippen molar-refractivity contribution in [1.82, 2.24) is 10.3 Å². The number of rotatable bonds is 6. The molecule has 2 N–H and O–H groups in total. The maximum absolute atomic E-state index is 6.32. The molecule has 0 radical (unpaired) electrons. The molecule has 0 aliphatic rings. The first kappa shape index (κ1) is 15.7. The van der Waals surface area contributed by atoms with Crippen molar-refractivity contribution in [1.29, 1.82) is 0 Å². The van der Waals surface area contributed by atoms with E-state index in [1.807, 2.05) is 6.07 Å². The van der Waals surface area contributed by atoms with Crippen LogP contribution in [0.4, 0.5) is 0 Å². The van der Waals surface area contributed by atoms with Crippen molar-refractivity contribution in [2.75, 3.05) is 6.54 Å². The molecule has 20 heavy (non-hydrogen) atoms. The lowest BCUT2D eigenvalue weighted by Crippen LogP contribution is -2.22. The van der Waals surface area contributed by atoms with Crippen LogP contribution < -0.4 is 5.32 Å². The Morgan fingerprint density at radius 1 is 1.20 bits per heavy atom. The van der Waals surface area contributed by atoms with Crippen molar-refractivity contribution >= 4 is 34.1 Å². The standard InChI is InChI=1S/C16H22Cl2N2/c1-4-7-19-13(5-2)15-11-8-10(17)9-12(18)16(11)20-14(15)6-3/h8-9,13,19-20H,4-7H2,1-3H3. The second kappa shape index (κ2) is 6.84. The van der Waals surface area contributed by atoms with Crippen LogP contribution in [0.15, 0.2) is 12.1 Å². The smallest absolute Gasteiger partial charge is 0.0662 e. The molecule has 0 amide bonds. The van der Waals surface area contributed by atoms with Crippen LogP contribution in [-0.2, 0) is 6.42 Å². The highest BCUT2D eigenvalue weighted by atomic mass is 35.5. The first-order valence-electron chi connectivity index (χ1n) is 7.35. The van der Waals surface area contributed by atoms with E-state index >= 15 is 0 Å². The molecule has 0 bridgehead atoms. The summed E-state index contributed by atoms with van der Waals surface area (Å²) in [5, 5.41) is 6.15. The maximum atomic E-state index is 6.32. The Kier molecular flexibility index (Phi) is 5.36. The molecule has 0 aliphatic heterocycles. The van der Waals surface area contributed by atoms with E-state index in [1.165, 1.54) is 11.3 Å². The van der Waals surface area contributed by atoms with Crippen molar-refractivity contribution < 1.29 is 0 Å². The summed E-state index contributed by atoms with van der Waals surface area (Å²) < 4.78 is 0. The number of aromatic nitrogens is 1. The molecule has 1 aromatic carbocycles. The van der Waals surface area contributed by atoms with Gasteiger partial charge in [-0.2, -0.15) is 0 Å². The normalized spacial score (nSPS) is 13.1. The maximum Gasteiger partial charge on any atom is 0.0662 e. The van der Waals surface area contributed by atoms with Crippen molar-refractivity contribution in [3.05, 3.63) is 33.4 Å². The van der Waals surface area contributed by atoms with Gasteiger partial charge in [-0.25, -0.2) is 0 Å². The quantitative estimate of drug-likeness (QED) is 0.725. The molecule has 4 heteroatoms. The fourth-order valence-electron chi connectivity index (χ4n) is 2.74. The Hall–Kier alpha value is -0.700. The molecule has 0 saturated heterocycles. The van der Waals surface area contributed by atoms with Gasteiger partial charge in [0.2, 0.25) is 0 Å². The Morgan fingerprint density at radius 2 is 1.95 bits per heavy atom. The van der Waals surface area contributed by atoms with Crippen LogP contribution in [0.2, 0.25) is 10.0 Å². The first-order valence-corrected chi connectivity index (χ1v) is 8.10. The van der Waals surface area contributed by atoms with Crippen molar-refractivity contribution in [2.45, 2.75) is 46.1 Å². The van der Waals surface area contributed by atoms with Crippen molar-refractivity contribution in [2.24, 2.45) is 0 Å². The summed E-state index contributed by atoms with van der Waals surface area (Å²) in [6.45, 7) is 7.57. The average Bonchev–Trinajstić information content (AvgIpc) is 2.79. The fourth-order valence-corrected chi connectivity index (χ4v) is 3.28. The Labute approximate surface area is 130 Å². The summed E-state index contributed by atoms with van der Waals surface area (Å²) >= 11 is 12.5. The SMILES string of the molecule is CCCNC(CC)c1c(CC)[nH]c2c(Cl)cc(Cl)cc12. The van der Waals surface area contributed by atoms with Crippen molar-refractivity contribution in [3.63, 3.8) is 0 Å². The average molecular weight is 313 g/mol. The van der Waals surface area contributed by atoms with E-state index < -0.39 is 0 Å². The zero-order chi connectivity index (χ0) is 14.7. The molecule has 0 saturated carbocycles. The van der Waals surface area contributed by atoms with Gasteiger partial charge in [-0.05, 0) is 43.5 Å². The lowest BCUT2D eigenvalue weighted by molar-refractivity contribution is 0.518. The van der Waals surface area contributed by atoms with Gasteiger partial charge in [0.05, 0.1) is 10.5 Å². The molecule has 2 rings (SSSR count). The number of aryl methyl sites for hydroxylation is 1. The van der Waals surface area contributed by atoms with Crippen LogP contribution in [0.3, 0.4) is 0 Å². The van der Waals surface area contributed by atoms with E-state index in [4.69, 9.17) is 23.2 Å². The predicted octanol–water partition coefficient (Wildman–Crippen LogP) is 5.49. The van der Waals surface area contributed by atoms with Crippen LogP contribution in [0, 0.1) is 0 Å². The lowest BCUT2D eigenvalue weighted by Gasteiger charge is -2.18. The number of H-pyrrole nitrogens is 1. The van der Waals surface area contributed by atoms with Gasteiger partial charge in [0.25, 0.3) is 0 Å². The van der Waals surface area contributed by atoms with Gasteiger partial charge in [-0.1, -0.05) is 44.0 Å². The second-order valence-corrected chi connectivity index (χ2v) is 5.94. The van der Waals surface area contributed by atoms with Crippen LogP contribution in [0.25, 0.3) is 10.9 Å². The third-order valence-electron chi connectivity index (χ3n) is 3.70. The molecule has 1 unspecified atom stereocenters. The summed E-state index contributed by atoms with van der Waals surface area (Å²) in [6.07, 6.45) is 3.13. The minimum atomic E-state index is 0.341. The monoisotopic (exact) mass is 312 g/mol. The Morgan fingerprint density at radius 3 is 2.55 bits per heavy atom. The molecular formula is C16H22Cl2N2. The summed E-state index contributed by atoms with van der Waals surface area (Å²) in [7, 11) is 0. The number of aromatic amines is 1. The van der Waals surface area contributed by atoms with Gasteiger partial charge in [0, 0.05) is 22.1 Å². The number of hydrogen-bond donors (Lipinski definition) is 2. The number of hydrogen-bond acceptors (Lipinski definition) is 1. The Balaban J connectivity index is 2.59. The molecule has 2 aromatic rings. The third-order valence-corrected chi connectivity index (χ3v) is 4.21. The Bertz CT molecular complexity index is 590. The minimum Gasteiger partial charge on any atom is -0.357 e.